The van der Waals surface area contributed by atoms with Gasteiger partial charge < -0.3 is 15.4 Å². The largest absolute Gasteiger partial charge is 0.454 e. The summed E-state index contributed by atoms with van der Waals surface area (Å²) in [7, 11) is -3.64. The highest BCUT2D eigenvalue weighted by atomic mass is 32.2. The van der Waals surface area contributed by atoms with Crippen LogP contribution in [0, 0.1) is 6.92 Å². The zero-order chi connectivity index (χ0) is 24.1. The van der Waals surface area contributed by atoms with Crippen LogP contribution >= 0.6 is 0 Å². The van der Waals surface area contributed by atoms with Crippen molar-refractivity contribution in [3.8, 4) is 0 Å². The van der Waals surface area contributed by atoms with Crippen LogP contribution in [0.25, 0.3) is 0 Å². The van der Waals surface area contributed by atoms with E-state index in [0.29, 0.717) is 37.2 Å². The van der Waals surface area contributed by atoms with E-state index in [9.17, 15) is 22.8 Å². The molecule has 33 heavy (non-hydrogen) atoms. The molecule has 1 heterocycles. The third kappa shape index (κ3) is 6.11. The smallest absolute Gasteiger partial charge is 0.332 e. The minimum atomic E-state index is -3.64. The number of carbonyl (C=O) groups is 3. The normalized spacial score (nSPS) is 18.8. The third-order valence-electron chi connectivity index (χ3n) is 6.28. The Hall–Kier alpha value is -2.46. The van der Waals surface area contributed by atoms with E-state index in [-0.39, 0.29) is 10.8 Å². The number of carbonyl (C=O) groups excluding carboxylic acids is 3. The number of nitrogens with one attached hydrogen (secondary N) is 2. The van der Waals surface area contributed by atoms with Crippen molar-refractivity contribution in [2.24, 2.45) is 0 Å². The molecule has 2 N–H and O–H groups in total. The van der Waals surface area contributed by atoms with E-state index in [2.05, 4.69) is 10.6 Å². The second-order valence-corrected chi connectivity index (χ2v) is 10.8. The maximum Gasteiger partial charge on any atom is 0.332 e. The van der Waals surface area contributed by atoms with Crippen molar-refractivity contribution in [3.05, 3.63) is 23.8 Å². The van der Waals surface area contributed by atoms with Gasteiger partial charge in [0.2, 0.25) is 15.9 Å². The molecule has 2 aliphatic rings. The van der Waals surface area contributed by atoms with Gasteiger partial charge in [-0.2, -0.15) is 4.31 Å². The van der Waals surface area contributed by atoms with Gasteiger partial charge in [-0.1, -0.05) is 31.7 Å². The molecule has 10 heteroatoms. The topological polar surface area (TPSA) is 122 Å². The van der Waals surface area contributed by atoms with Crippen molar-refractivity contribution < 1.29 is 27.5 Å². The van der Waals surface area contributed by atoms with Gasteiger partial charge in [0.1, 0.15) is 5.54 Å². The quantitative estimate of drug-likeness (QED) is 0.580. The Morgan fingerprint density at radius 3 is 2.30 bits per heavy atom. The van der Waals surface area contributed by atoms with Gasteiger partial charge in [-0.15, -0.1) is 0 Å². The van der Waals surface area contributed by atoms with Gasteiger partial charge in [-0.3, -0.25) is 9.59 Å². The number of aryl methyl sites for hydroxylation is 1. The van der Waals surface area contributed by atoms with E-state index in [1.165, 1.54) is 23.4 Å². The lowest BCUT2D eigenvalue weighted by molar-refractivity contribution is -0.157. The molecule has 0 atom stereocenters. The fraction of sp³-hybridized carbons (Fsp3) is 0.609. The first-order valence-corrected chi connectivity index (χ1v) is 12.9. The van der Waals surface area contributed by atoms with Crippen molar-refractivity contribution in [1.29, 1.82) is 0 Å². The standard InChI is InChI=1S/C23H33N3O6S/c1-17-9-10-19(33(30,31)26-13-7-4-8-14-26)15-20(17)24-21(28)16-32-22(29)23(25-18(2)27)11-5-3-6-12-23/h9-10,15H,3-8,11-14,16H2,1-2H3,(H,24,28)(H,25,27). The summed E-state index contributed by atoms with van der Waals surface area (Å²) < 4.78 is 32.7. The number of piperidine rings is 1. The molecule has 1 aliphatic heterocycles. The van der Waals surface area contributed by atoms with Gasteiger partial charge in [0, 0.05) is 25.7 Å². The molecule has 3 rings (SSSR count). The molecule has 0 bridgehead atoms. The Labute approximate surface area is 195 Å². The highest BCUT2D eigenvalue weighted by molar-refractivity contribution is 7.89. The molecular weight excluding hydrogens is 446 g/mol. The number of sulfonamides is 1. The molecule has 2 fully saturated rings. The van der Waals surface area contributed by atoms with Crippen molar-refractivity contribution in [1.82, 2.24) is 9.62 Å². The van der Waals surface area contributed by atoms with Crippen LogP contribution in [0.2, 0.25) is 0 Å². The number of rotatable bonds is 7. The molecule has 0 aromatic heterocycles. The lowest BCUT2D eigenvalue weighted by Crippen LogP contribution is -2.56. The minimum Gasteiger partial charge on any atom is -0.454 e. The van der Waals surface area contributed by atoms with Crippen molar-refractivity contribution in [2.45, 2.75) is 75.6 Å². The maximum absolute atomic E-state index is 13.0. The predicted octanol–water partition coefficient (Wildman–Crippen LogP) is 2.49. The van der Waals surface area contributed by atoms with E-state index in [1.54, 1.807) is 13.0 Å². The first-order chi connectivity index (χ1) is 15.6. The Balaban J connectivity index is 1.66. The van der Waals surface area contributed by atoms with Gasteiger partial charge in [0.25, 0.3) is 5.91 Å². The monoisotopic (exact) mass is 479 g/mol. The molecule has 0 unspecified atom stereocenters. The van der Waals surface area contributed by atoms with E-state index >= 15 is 0 Å². The van der Waals surface area contributed by atoms with Crippen LogP contribution in [-0.4, -0.2) is 55.7 Å². The highest BCUT2D eigenvalue weighted by Crippen LogP contribution is 2.30. The van der Waals surface area contributed by atoms with Gasteiger partial charge in [0.05, 0.1) is 4.90 Å². The first kappa shape index (κ1) is 25.2. The van der Waals surface area contributed by atoms with Gasteiger partial charge >= 0.3 is 5.97 Å². The number of esters is 1. The van der Waals surface area contributed by atoms with Gasteiger partial charge in [-0.05, 0) is 50.3 Å². The summed E-state index contributed by atoms with van der Waals surface area (Å²) >= 11 is 0. The average molecular weight is 480 g/mol. The summed E-state index contributed by atoms with van der Waals surface area (Å²) in [5, 5.41) is 5.37. The van der Waals surface area contributed by atoms with Crippen LogP contribution in [0.15, 0.2) is 23.1 Å². The first-order valence-electron chi connectivity index (χ1n) is 11.5. The lowest BCUT2D eigenvalue weighted by Gasteiger charge is -2.35. The number of anilines is 1. The molecular formula is C23H33N3O6S. The Morgan fingerprint density at radius 1 is 1.03 bits per heavy atom. The number of nitrogens with zero attached hydrogens (tertiary/aromatic N) is 1. The summed E-state index contributed by atoms with van der Waals surface area (Å²) in [5.74, 6) is -1.51. The number of hydrogen-bond donors (Lipinski definition) is 2. The number of benzene rings is 1. The molecule has 9 nitrogen and oxygen atoms in total. The predicted molar refractivity (Wildman–Crippen MR) is 123 cm³/mol. The Kier molecular flexibility index (Phi) is 8.12. The lowest BCUT2D eigenvalue weighted by atomic mass is 9.81. The van der Waals surface area contributed by atoms with Crippen LogP contribution in [0.5, 0.6) is 0 Å². The average Bonchev–Trinajstić information content (AvgIpc) is 2.79. The minimum absolute atomic E-state index is 0.120. The summed E-state index contributed by atoms with van der Waals surface area (Å²) in [6.07, 6.45) is 6.19. The number of ether oxygens (including phenoxy) is 1. The fourth-order valence-corrected chi connectivity index (χ4v) is 6.02. The summed E-state index contributed by atoms with van der Waals surface area (Å²) in [6, 6.07) is 4.63. The second-order valence-electron chi connectivity index (χ2n) is 8.89. The van der Waals surface area contributed by atoms with Gasteiger partial charge in [-0.25, -0.2) is 13.2 Å². The molecule has 0 radical (unpaired) electrons. The van der Waals surface area contributed by atoms with Gasteiger partial charge in [0.15, 0.2) is 6.61 Å². The fourth-order valence-electron chi connectivity index (χ4n) is 4.48. The van der Waals surface area contributed by atoms with Crippen molar-refractivity contribution in [3.63, 3.8) is 0 Å². The van der Waals surface area contributed by atoms with E-state index < -0.39 is 34.0 Å². The Morgan fingerprint density at radius 2 is 1.67 bits per heavy atom. The SMILES string of the molecule is CC(=O)NC1(C(=O)OCC(=O)Nc2cc(S(=O)(=O)N3CCCCC3)ccc2C)CCCCC1. The molecule has 1 aromatic rings. The molecule has 182 valence electrons. The molecule has 1 saturated carbocycles. The Bertz CT molecular complexity index is 995. The van der Waals surface area contributed by atoms with Crippen molar-refractivity contribution in [2.75, 3.05) is 25.0 Å². The summed E-state index contributed by atoms with van der Waals surface area (Å²) in [4.78, 5) is 37.0. The van der Waals surface area contributed by atoms with Crippen LogP contribution in [0.1, 0.15) is 63.9 Å². The van der Waals surface area contributed by atoms with E-state index in [4.69, 9.17) is 4.74 Å². The highest BCUT2D eigenvalue weighted by Gasteiger charge is 2.42. The van der Waals surface area contributed by atoms with Crippen LogP contribution in [-0.2, 0) is 29.1 Å². The van der Waals surface area contributed by atoms with Crippen LogP contribution in [0.3, 0.4) is 0 Å². The third-order valence-corrected chi connectivity index (χ3v) is 8.18. The molecule has 2 amide bonds. The number of hydrogen-bond acceptors (Lipinski definition) is 6. The van der Waals surface area contributed by atoms with Crippen LogP contribution < -0.4 is 10.6 Å². The zero-order valence-electron chi connectivity index (χ0n) is 19.3. The molecule has 1 aromatic carbocycles. The van der Waals surface area contributed by atoms with E-state index in [1.807, 2.05) is 0 Å². The second kappa shape index (κ2) is 10.6. The van der Waals surface area contributed by atoms with E-state index in [0.717, 1.165) is 38.5 Å². The maximum atomic E-state index is 13.0. The van der Waals surface area contributed by atoms with Crippen molar-refractivity contribution >= 4 is 33.5 Å². The zero-order valence-corrected chi connectivity index (χ0v) is 20.1. The summed E-state index contributed by atoms with van der Waals surface area (Å²) in [6.45, 7) is 3.56. The number of amides is 2. The summed E-state index contributed by atoms with van der Waals surface area (Å²) in [5.41, 5.74) is -0.0550. The molecule has 1 saturated heterocycles. The molecule has 1 aliphatic carbocycles. The van der Waals surface area contributed by atoms with Crippen LogP contribution in [0.4, 0.5) is 5.69 Å². The molecule has 0 spiro atoms.